The molecule has 0 spiro atoms. The Bertz CT molecular complexity index is 1550. The highest BCUT2D eigenvalue weighted by Gasteiger charge is 2.32. The molecule has 230 valence electrons. The van der Waals surface area contributed by atoms with Crippen LogP contribution in [0.5, 0.6) is 5.75 Å². The van der Waals surface area contributed by atoms with Crippen LogP contribution >= 0.6 is 0 Å². The minimum absolute atomic E-state index is 0.0373. The fourth-order valence-corrected chi connectivity index (χ4v) is 5.87. The fourth-order valence-electron chi connectivity index (χ4n) is 5.87. The van der Waals surface area contributed by atoms with Crippen LogP contribution in [0.2, 0.25) is 0 Å². The molecule has 0 aromatic heterocycles. The van der Waals surface area contributed by atoms with Gasteiger partial charge in [-0.3, -0.25) is 9.59 Å². The molecule has 8 heteroatoms. The molecule has 2 heterocycles. The highest BCUT2D eigenvalue weighted by atomic mass is 19.1. The zero-order chi connectivity index (χ0) is 31.6. The zero-order valence-corrected chi connectivity index (χ0v) is 26.1. The van der Waals surface area contributed by atoms with E-state index in [9.17, 15) is 14.0 Å². The number of aliphatic hydroxyl groups is 1. The lowest BCUT2D eigenvalue weighted by molar-refractivity contribution is -0.142. The lowest BCUT2D eigenvalue weighted by atomic mass is 9.81. The van der Waals surface area contributed by atoms with Gasteiger partial charge in [0.15, 0.2) is 11.6 Å². The molecule has 0 unspecified atom stereocenters. The summed E-state index contributed by atoms with van der Waals surface area (Å²) in [6, 6.07) is 7.18. The first-order valence-electron chi connectivity index (χ1n) is 14.7. The van der Waals surface area contributed by atoms with Crippen molar-refractivity contribution in [3.63, 3.8) is 0 Å². The number of amides is 1. The predicted molar refractivity (Wildman–Crippen MR) is 162 cm³/mol. The van der Waals surface area contributed by atoms with E-state index in [1.165, 1.54) is 24.3 Å². The van der Waals surface area contributed by atoms with Gasteiger partial charge in [-0.2, -0.15) is 0 Å². The molecule has 1 amide bonds. The van der Waals surface area contributed by atoms with Crippen LogP contribution in [0.4, 0.5) is 8.78 Å². The molecule has 0 aliphatic carbocycles. The molecule has 2 aliphatic heterocycles. The Morgan fingerprint density at radius 2 is 1.65 bits per heavy atom. The van der Waals surface area contributed by atoms with Crippen LogP contribution in [0.25, 0.3) is 11.1 Å². The highest BCUT2D eigenvalue weighted by molar-refractivity contribution is 5.95. The molecule has 0 saturated carbocycles. The first kappa shape index (κ1) is 32.1. The van der Waals surface area contributed by atoms with Crippen LogP contribution in [0.1, 0.15) is 83.4 Å². The SMILES string of the molecule is CC(C)(C)O.CCOC(=O)Cc1c(C)c2c(c(C)c1-c1cc(F)c3c(c1C)CCCO3)CN(C(=O)c1cccc(F)c1)C2. The summed E-state index contributed by atoms with van der Waals surface area (Å²) >= 11 is 0. The van der Waals surface area contributed by atoms with Gasteiger partial charge in [-0.1, -0.05) is 6.07 Å². The molecule has 5 rings (SSSR count). The number of hydrogen-bond donors (Lipinski definition) is 1. The van der Waals surface area contributed by atoms with Crippen LogP contribution < -0.4 is 4.74 Å². The van der Waals surface area contributed by atoms with E-state index in [2.05, 4.69) is 0 Å². The van der Waals surface area contributed by atoms with E-state index in [0.717, 1.165) is 62.9 Å². The van der Waals surface area contributed by atoms with Gasteiger partial charge in [-0.05, 0) is 130 Å². The Hall–Kier alpha value is -3.78. The topological polar surface area (TPSA) is 76.1 Å². The maximum atomic E-state index is 15.3. The quantitative estimate of drug-likeness (QED) is 0.325. The molecule has 0 fully saturated rings. The molecule has 2 aliphatic rings. The summed E-state index contributed by atoms with van der Waals surface area (Å²) in [5.74, 6) is -1.19. The maximum Gasteiger partial charge on any atom is 0.310 e. The second-order valence-corrected chi connectivity index (χ2v) is 12.2. The minimum Gasteiger partial charge on any atom is -0.490 e. The molecule has 0 saturated heterocycles. The van der Waals surface area contributed by atoms with Crippen molar-refractivity contribution in [1.29, 1.82) is 0 Å². The zero-order valence-electron chi connectivity index (χ0n) is 26.1. The lowest BCUT2D eigenvalue weighted by Gasteiger charge is -2.25. The molecule has 3 aromatic rings. The molecule has 43 heavy (non-hydrogen) atoms. The summed E-state index contributed by atoms with van der Waals surface area (Å²) in [6.45, 7) is 14.3. The Balaban J connectivity index is 0.000000782. The summed E-state index contributed by atoms with van der Waals surface area (Å²) in [6.07, 6.45) is 1.57. The van der Waals surface area contributed by atoms with E-state index >= 15 is 4.39 Å². The average molecular weight is 594 g/mol. The maximum absolute atomic E-state index is 15.3. The summed E-state index contributed by atoms with van der Waals surface area (Å²) in [4.78, 5) is 27.7. The molecular weight excluding hydrogens is 552 g/mol. The minimum atomic E-state index is -0.500. The van der Waals surface area contributed by atoms with Crippen molar-refractivity contribution in [3.05, 3.63) is 86.5 Å². The normalized spacial score (nSPS) is 13.9. The smallest absolute Gasteiger partial charge is 0.310 e. The molecule has 3 aromatic carbocycles. The van der Waals surface area contributed by atoms with E-state index in [4.69, 9.17) is 14.6 Å². The number of esters is 1. The van der Waals surface area contributed by atoms with E-state index in [0.29, 0.717) is 25.4 Å². The monoisotopic (exact) mass is 593 g/mol. The number of rotatable bonds is 5. The second kappa shape index (κ2) is 12.8. The van der Waals surface area contributed by atoms with Crippen molar-refractivity contribution in [2.24, 2.45) is 0 Å². The van der Waals surface area contributed by atoms with Crippen LogP contribution in [-0.2, 0) is 35.5 Å². The third kappa shape index (κ3) is 7.07. The Morgan fingerprint density at radius 1 is 1.00 bits per heavy atom. The van der Waals surface area contributed by atoms with Gasteiger partial charge < -0.3 is 19.5 Å². The highest BCUT2D eigenvalue weighted by Crippen LogP contribution is 2.44. The standard InChI is InChI=1S/C31H31F2NO4.C4H10O/c1-5-37-28(35)14-24-18(3)25-15-34(31(36)20-8-6-9-21(32)12-20)16-26(25)19(4)29(24)23-13-27(33)30-22(17(23)2)10-7-11-38-30;1-4(2,3)5/h6,8-9,12-13H,5,7,10-11,14-16H2,1-4H3;5H,1-3H3. The number of ether oxygens (including phenoxy) is 2. The largest absolute Gasteiger partial charge is 0.490 e. The van der Waals surface area contributed by atoms with Crippen molar-refractivity contribution < 1.29 is 33.0 Å². The fraction of sp³-hybridized carbons (Fsp3) is 0.429. The first-order valence-corrected chi connectivity index (χ1v) is 14.7. The number of nitrogens with zero attached hydrogens (tertiary/aromatic N) is 1. The van der Waals surface area contributed by atoms with Crippen LogP contribution in [0, 0.1) is 32.4 Å². The van der Waals surface area contributed by atoms with Gasteiger partial charge in [0.2, 0.25) is 0 Å². The summed E-state index contributed by atoms with van der Waals surface area (Å²) in [7, 11) is 0. The van der Waals surface area contributed by atoms with Crippen molar-refractivity contribution in [2.75, 3.05) is 13.2 Å². The van der Waals surface area contributed by atoms with E-state index in [-0.39, 0.29) is 30.5 Å². The number of carbonyl (C=O) groups is 2. The molecule has 0 radical (unpaired) electrons. The van der Waals surface area contributed by atoms with Crippen LogP contribution in [-0.4, -0.2) is 40.7 Å². The van der Waals surface area contributed by atoms with Gasteiger partial charge in [0.05, 0.1) is 25.2 Å². The van der Waals surface area contributed by atoms with Gasteiger partial charge in [0.1, 0.15) is 5.82 Å². The third-order valence-corrected chi connectivity index (χ3v) is 7.79. The average Bonchev–Trinajstić information content (AvgIpc) is 3.39. The summed E-state index contributed by atoms with van der Waals surface area (Å²) in [5, 5.41) is 8.52. The molecular formula is C35H41F2NO5. The summed E-state index contributed by atoms with van der Waals surface area (Å²) < 4.78 is 40.1. The number of fused-ring (bicyclic) bond motifs is 2. The van der Waals surface area contributed by atoms with Crippen LogP contribution in [0.15, 0.2) is 30.3 Å². The lowest BCUT2D eigenvalue weighted by Crippen LogP contribution is -2.25. The molecule has 0 atom stereocenters. The van der Waals surface area contributed by atoms with Gasteiger partial charge in [0.25, 0.3) is 5.91 Å². The Morgan fingerprint density at radius 3 is 2.28 bits per heavy atom. The number of halogens is 2. The Labute approximate surface area is 252 Å². The van der Waals surface area contributed by atoms with Gasteiger partial charge in [-0.25, -0.2) is 8.78 Å². The van der Waals surface area contributed by atoms with E-state index < -0.39 is 17.2 Å². The van der Waals surface area contributed by atoms with Gasteiger partial charge >= 0.3 is 5.97 Å². The van der Waals surface area contributed by atoms with Gasteiger partial charge in [-0.15, -0.1) is 0 Å². The van der Waals surface area contributed by atoms with Crippen molar-refractivity contribution in [3.8, 4) is 16.9 Å². The van der Waals surface area contributed by atoms with E-state index in [1.807, 2.05) is 20.8 Å². The number of carbonyl (C=O) groups excluding carboxylic acids is 2. The Kier molecular flexibility index (Phi) is 9.60. The molecule has 6 nitrogen and oxygen atoms in total. The molecule has 1 N–H and O–H groups in total. The third-order valence-electron chi connectivity index (χ3n) is 7.79. The molecule has 0 bridgehead atoms. The first-order chi connectivity index (χ1) is 20.2. The predicted octanol–water partition coefficient (Wildman–Crippen LogP) is 6.92. The number of benzene rings is 3. The second-order valence-electron chi connectivity index (χ2n) is 12.2. The van der Waals surface area contributed by atoms with E-state index in [1.54, 1.807) is 38.7 Å². The van der Waals surface area contributed by atoms with Crippen molar-refractivity contribution >= 4 is 11.9 Å². The van der Waals surface area contributed by atoms with Crippen molar-refractivity contribution in [2.45, 2.75) is 86.4 Å². The van der Waals surface area contributed by atoms with Gasteiger partial charge in [0, 0.05) is 24.2 Å². The number of hydrogen-bond acceptors (Lipinski definition) is 5. The summed E-state index contributed by atoms with van der Waals surface area (Å²) in [5.41, 5.74) is 7.61. The van der Waals surface area contributed by atoms with Crippen LogP contribution in [0.3, 0.4) is 0 Å². The van der Waals surface area contributed by atoms with Crippen molar-refractivity contribution in [1.82, 2.24) is 4.90 Å².